The van der Waals surface area contributed by atoms with E-state index in [-0.39, 0.29) is 6.61 Å². The molecule has 1 N–H and O–H groups in total. The van der Waals surface area contributed by atoms with Crippen molar-refractivity contribution in [1.29, 1.82) is 0 Å². The topological polar surface area (TPSA) is 23.5 Å². The molecule has 0 aromatic carbocycles. The fraction of sp³-hybridized carbons (Fsp3) is 0.800. The minimum atomic E-state index is 0.267. The summed E-state index contributed by atoms with van der Waals surface area (Å²) in [7, 11) is 0. The number of nitrogens with zero attached hydrogens (tertiary/aromatic N) is 1. The highest BCUT2D eigenvalue weighted by Crippen LogP contribution is 1.97. The van der Waals surface area contributed by atoms with Gasteiger partial charge in [-0.25, -0.2) is 0 Å². The molecule has 0 aliphatic rings. The molecule has 2 nitrogen and oxygen atoms in total. The molecule has 70 valence electrons. The summed E-state index contributed by atoms with van der Waals surface area (Å²) in [5.74, 6) is 5.91. The Labute approximate surface area is 75.6 Å². The summed E-state index contributed by atoms with van der Waals surface area (Å²) >= 11 is 0. The first kappa shape index (κ1) is 11.5. The summed E-state index contributed by atoms with van der Waals surface area (Å²) in [6.07, 6.45) is 0.837. The average Bonchev–Trinajstić information content (AvgIpc) is 2.04. The molecule has 0 aliphatic carbocycles. The van der Waals surface area contributed by atoms with Crippen molar-refractivity contribution in [3.05, 3.63) is 0 Å². The van der Waals surface area contributed by atoms with Crippen molar-refractivity contribution in [2.45, 2.75) is 33.2 Å². The molecule has 0 saturated heterocycles. The monoisotopic (exact) mass is 169 g/mol. The second kappa shape index (κ2) is 7.15. The van der Waals surface area contributed by atoms with Crippen LogP contribution in [-0.4, -0.2) is 35.7 Å². The van der Waals surface area contributed by atoms with Crippen molar-refractivity contribution in [2.24, 2.45) is 0 Å². The lowest BCUT2D eigenvalue weighted by molar-refractivity contribution is 0.210. The Morgan fingerprint density at radius 2 is 2.08 bits per heavy atom. The summed E-state index contributed by atoms with van der Waals surface area (Å²) in [6.45, 7) is 8.16. The molecule has 0 unspecified atom stereocenters. The van der Waals surface area contributed by atoms with Crippen LogP contribution < -0.4 is 0 Å². The maximum absolute atomic E-state index is 8.66. The molecule has 0 rings (SSSR count). The summed E-state index contributed by atoms with van der Waals surface area (Å²) < 4.78 is 0. The molecule has 0 aliphatic heterocycles. The maximum Gasteiger partial charge on any atom is 0.0603 e. The van der Waals surface area contributed by atoms with E-state index in [9.17, 15) is 0 Å². The van der Waals surface area contributed by atoms with E-state index in [1.54, 1.807) is 0 Å². The van der Waals surface area contributed by atoms with E-state index in [2.05, 4.69) is 30.6 Å². The van der Waals surface area contributed by atoms with Crippen LogP contribution in [0.1, 0.15) is 27.2 Å². The van der Waals surface area contributed by atoms with Crippen LogP contribution in [0, 0.1) is 11.8 Å². The largest absolute Gasteiger partial charge is 0.396 e. The van der Waals surface area contributed by atoms with Gasteiger partial charge in [-0.05, 0) is 27.2 Å². The quantitative estimate of drug-likeness (QED) is 0.623. The summed E-state index contributed by atoms with van der Waals surface area (Å²) in [4.78, 5) is 2.26. The molecule has 0 heterocycles. The minimum absolute atomic E-state index is 0.267. The van der Waals surface area contributed by atoms with E-state index in [1.807, 2.05) is 6.92 Å². The summed E-state index contributed by atoms with van der Waals surface area (Å²) in [6, 6.07) is 0.511. The first-order valence-electron chi connectivity index (χ1n) is 4.47. The van der Waals surface area contributed by atoms with Gasteiger partial charge in [0.2, 0.25) is 0 Å². The van der Waals surface area contributed by atoms with Crippen LogP contribution in [0.15, 0.2) is 0 Å². The SMILES string of the molecule is CC#CCN(CCCO)C(C)C. The molecule has 0 aromatic rings. The molecule has 0 spiro atoms. The van der Waals surface area contributed by atoms with Crippen LogP contribution in [0.25, 0.3) is 0 Å². The highest BCUT2D eigenvalue weighted by Gasteiger charge is 2.05. The molecule has 0 aromatic heterocycles. The van der Waals surface area contributed by atoms with Crippen molar-refractivity contribution in [1.82, 2.24) is 4.90 Å². The first-order valence-corrected chi connectivity index (χ1v) is 4.47. The second-order valence-corrected chi connectivity index (χ2v) is 3.07. The Bertz CT molecular complexity index is 155. The highest BCUT2D eigenvalue weighted by atomic mass is 16.3. The van der Waals surface area contributed by atoms with Gasteiger partial charge in [-0.1, -0.05) is 5.92 Å². The number of hydrogen-bond donors (Lipinski definition) is 1. The van der Waals surface area contributed by atoms with E-state index in [0.29, 0.717) is 6.04 Å². The van der Waals surface area contributed by atoms with Crippen molar-refractivity contribution >= 4 is 0 Å². The van der Waals surface area contributed by atoms with Gasteiger partial charge in [0.25, 0.3) is 0 Å². The van der Waals surface area contributed by atoms with Gasteiger partial charge in [0.05, 0.1) is 6.54 Å². The predicted octanol–water partition coefficient (Wildman–Crippen LogP) is 1.10. The molecule has 0 atom stereocenters. The average molecular weight is 169 g/mol. The molecule has 0 fully saturated rings. The van der Waals surface area contributed by atoms with Crippen molar-refractivity contribution in [3.8, 4) is 11.8 Å². The molecule has 0 bridgehead atoms. The predicted molar refractivity (Wildman–Crippen MR) is 51.9 cm³/mol. The number of rotatable bonds is 5. The number of aliphatic hydroxyl groups excluding tert-OH is 1. The summed E-state index contributed by atoms with van der Waals surface area (Å²) in [5, 5.41) is 8.66. The third kappa shape index (κ3) is 5.17. The third-order valence-electron chi connectivity index (χ3n) is 1.79. The maximum atomic E-state index is 8.66. The zero-order valence-corrected chi connectivity index (χ0v) is 8.30. The zero-order chi connectivity index (χ0) is 9.40. The van der Waals surface area contributed by atoms with Crippen LogP contribution in [0.2, 0.25) is 0 Å². The standard InChI is InChI=1S/C10H19NO/c1-4-5-7-11(10(2)3)8-6-9-12/h10,12H,6-9H2,1-3H3. The minimum Gasteiger partial charge on any atom is -0.396 e. The van der Waals surface area contributed by atoms with E-state index in [1.165, 1.54) is 0 Å². The van der Waals surface area contributed by atoms with Crippen molar-refractivity contribution in [2.75, 3.05) is 19.7 Å². The Kier molecular flexibility index (Phi) is 6.84. The molecular formula is C10H19NO. The molecule has 2 heteroatoms. The molecule has 0 amide bonds. The fourth-order valence-electron chi connectivity index (χ4n) is 0.974. The van der Waals surface area contributed by atoms with Gasteiger partial charge in [-0.2, -0.15) is 0 Å². The zero-order valence-electron chi connectivity index (χ0n) is 8.30. The van der Waals surface area contributed by atoms with Crippen LogP contribution in [0.3, 0.4) is 0 Å². The van der Waals surface area contributed by atoms with Gasteiger partial charge in [-0.15, -0.1) is 5.92 Å². The first-order chi connectivity index (χ1) is 5.72. The Hall–Kier alpha value is -0.520. The Morgan fingerprint density at radius 1 is 1.42 bits per heavy atom. The van der Waals surface area contributed by atoms with Gasteiger partial charge >= 0.3 is 0 Å². The van der Waals surface area contributed by atoms with E-state index in [4.69, 9.17) is 5.11 Å². The smallest absolute Gasteiger partial charge is 0.0603 e. The van der Waals surface area contributed by atoms with E-state index in [0.717, 1.165) is 19.5 Å². The Morgan fingerprint density at radius 3 is 2.50 bits per heavy atom. The van der Waals surface area contributed by atoms with Gasteiger partial charge in [0.15, 0.2) is 0 Å². The van der Waals surface area contributed by atoms with E-state index < -0.39 is 0 Å². The van der Waals surface area contributed by atoms with E-state index >= 15 is 0 Å². The van der Waals surface area contributed by atoms with Gasteiger partial charge in [0.1, 0.15) is 0 Å². The van der Waals surface area contributed by atoms with Crippen LogP contribution in [0.4, 0.5) is 0 Å². The van der Waals surface area contributed by atoms with Crippen LogP contribution in [-0.2, 0) is 0 Å². The Balaban J connectivity index is 3.75. The number of aliphatic hydroxyl groups is 1. The molecular weight excluding hydrogens is 150 g/mol. The van der Waals surface area contributed by atoms with Crippen molar-refractivity contribution in [3.63, 3.8) is 0 Å². The second-order valence-electron chi connectivity index (χ2n) is 3.07. The van der Waals surface area contributed by atoms with Crippen LogP contribution >= 0.6 is 0 Å². The van der Waals surface area contributed by atoms with Crippen molar-refractivity contribution < 1.29 is 5.11 Å². The molecule has 0 saturated carbocycles. The lowest BCUT2D eigenvalue weighted by Gasteiger charge is -2.23. The highest BCUT2D eigenvalue weighted by molar-refractivity contribution is 4.98. The van der Waals surface area contributed by atoms with Gasteiger partial charge < -0.3 is 5.11 Å². The molecule has 0 radical (unpaired) electrons. The van der Waals surface area contributed by atoms with Crippen LogP contribution in [0.5, 0.6) is 0 Å². The fourth-order valence-corrected chi connectivity index (χ4v) is 0.974. The number of hydrogen-bond acceptors (Lipinski definition) is 2. The normalized spacial score (nSPS) is 10.2. The van der Waals surface area contributed by atoms with Gasteiger partial charge in [-0.3, -0.25) is 4.90 Å². The van der Waals surface area contributed by atoms with Gasteiger partial charge in [0, 0.05) is 19.2 Å². The lowest BCUT2D eigenvalue weighted by Crippen LogP contribution is -2.32. The molecule has 12 heavy (non-hydrogen) atoms. The summed E-state index contributed by atoms with van der Waals surface area (Å²) in [5.41, 5.74) is 0. The third-order valence-corrected chi connectivity index (χ3v) is 1.79. The lowest BCUT2D eigenvalue weighted by atomic mass is 10.3.